The van der Waals surface area contributed by atoms with Crippen LogP contribution < -0.4 is 0 Å². The average molecular weight is 359 g/mol. The Morgan fingerprint density at radius 3 is 2.23 bits per heavy atom. The van der Waals surface area contributed by atoms with Gasteiger partial charge >= 0.3 is 6.03 Å². The Kier molecular flexibility index (Phi) is 5.65. The van der Waals surface area contributed by atoms with E-state index in [4.69, 9.17) is 8.83 Å². The fourth-order valence-electron chi connectivity index (χ4n) is 3.29. The summed E-state index contributed by atoms with van der Waals surface area (Å²) >= 11 is 0. The summed E-state index contributed by atoms with van der Waals surface area (Å²) in [6.45, 7) is 1.90. The Balaban J connectivity index is 1.72. The highest BCUT2D eigenvalue weighted by Crippen LogP contribution is 2.22. The van der Waals surface area contributed by atoms with Gasteiger partial charge in [-0.25, -0.2) is 4.79 Å². The minimum Gasteiger partial charge on any atom is -0.467 e. The van der Waals surface area contributed by atoms with Crippen molar-refractivity contribution in [2.45, 2.75) is 25.9 Å². The number of furan rings is 2. The zero-order valence-electron chi connectivity index (χ0n) is 15.3. The number of piperidine rings is 1. The second-order valence-corrected chi connectivity index (χ2v) is 6.82. The predicted octanol–water partition coefficient (Wildman–Crippen LogP) is 2.80. The molecule has 0 aliphatic carbocycles. The first-order valence-corrected chi connectivity index (χ1v) is 8.84. The molecule has 3 rings (SSSR count). The van der Waals surface area contributed by atoms with Crippen molar-refractivity contribution in [3.05, 3.63) is 48.3 Å². The molecule has 1 aliphatic heterocycles. The molecule has 0 aromatic carbocycles. The molecule has 3 amide bonds. The molecule has 0 radical (unpaired) electrons. The number of likely N-dealkylation sites (tertiary alicyclic amines) is 1. The summed E-state index contributed by atoms with van der Waals surface area (Å²) in [5.41, 5.74) is 0. The number of carbonyl (C=O) groups is 2. The maximum absolute atomic E-state index is 13.2. The Morgan fingerprint density at radius 1 is 1.12 bits per heavy atom. The first-order valence-electron chi connectivity index (χ1n) is 8.84. The number of rotatable bonds is 5. The highest BCUT2D eigenvalue weighted by Gasteiger charge is 2.32. The van der Waals surface area contributed by atoms with E-state index in [-0.39, 0.29) is 17.9 Å². The van der Waals surface area contributed by atoms with Crippen LogP contribution >= 0.6 is 0 Å². The maximum Gasteiger partial charge on any atom is 0.319 e. The van der Waals surface area contributed by atoms with Crippen LogP contribution in [0.25, 0.3) is 0 Å². The molecule has 0 bridgehead atoms. The van der Waals surface area contributed by atoms with Gasteiger partial charge in [-0.3, -0.25) is 4.79 Å². The van der Waals surface area contributed by atoms with Gasteiger partial charge in [0.15, 0.2) is 0 Å². The normalized spacial score (nSPS) is 17.2. The van der Waals surface area contributed by atoms with Crippen LogP contribution in [-0.2, 0) is 17.9 Å². The minimum absolute atomic E-state index is 0.0223. The molecule has 0 spiro atoms. The predicted molar refractivity (Wildman–Crippen MR) is 95.1 cm³/mol. The standard InChI is InChI=1S/C19H25N3O4/c1-20(2)19(24)21-9-3-6-15(12-21)18(23)22(13-16-7-4-10-25-16)14-17-8-5-11-26-17/h4-5,7-8,10-11,15H,3,6,9,12-14H2,1-2H3/t15-/m0/s1. The SMILES string of the molecule is CN(C)C(=O)N1CCC[C@H](C(=O)N(Cc2ccco2)Cc2ccco2)C1. The van der Waals surface area contributed by atoms with Crippen LogP contribution in [0.1, 0.15) is 24.4 Å². The Labute approximate surface area is 153 Å². The first kappa shape index (κ1) is 18.1. The quantitative estimate of drug-likeness (QED) is 0.823. The molecular weight excluding hydrogens is 334 g/mol. The molecule has 140 valence electrons. The fourth-order valence-corrected chi connectivity index (χ4v) is 3.29. The van der Waals surface area contributed by atoms with E-state index in [9.17, 15) is 9.59 Å². The number of nitrogens with zero attached hydrogens (tertiary/aromatic N) is 3. The maximum atomic E-state index is 13.2. The molecule has 1 saturated heterocycles. The van der Waals surface area contributed by atoms with Crippen molar-refractivity contribution in [1.82, 2.24) is 14.7 Å². The molecule has 26 heavy (non-hydrogen) atoms. The zero-order valence-corrected chi connectivity index (χ0v) is 15.3. The smallest absolute Gasteiger partial charge is 0.319 e. The van der Waals surface area contributed by atoms with Gasteiger partial charge < -0.3 is 23.5 Å². The van der Waals surface area contributed by atoms with E-state index < -0.39 is 0 Å². The van der Waals surface area contributed by atoms with Crippen molar-refractivity contribution in [3.8, 4) is 0 Å². The Hall–Kier alpha value is -2.70. The topological polar surface area (TPSA) is 70.1 Å². The molecule has 0 saturated carbocycles. The number of carbonyl (C=O) groups excluding carboxylic acids is 2. The fraction of sp³-hybridized carbons (Fsp3) is 0.474. The van der Waals surface area contributed by atoms with E-state index in [1.165, 1.54) is 0 Å². The molecule has 1 aliphatic rings. The van der Waals surface area contributed by atoms with Crippen LogP contribution in [0.2, 0.25) is 0 Å². The van der Waals surface area contributed by atoms with E-state index in [2.05, 4.69) is 0 Å². The van der Waals surface area contributed by atoms with Crippen molar-refractivity contribution in [2.24, 2.45) is 5.92 Å². The van der Waals surface area contributed by atoms with E-state index in [0.717, 1.165) is 24.4 Å². The second-order valence-electron chi connectivity index (χ2n) is 6.82. The third-order valence-electron chi connectivity index (χ3n) is 4.59. The average Bonchev–Trinajstić information content (AvgIpc) is 3.34. The molecule has 2 aromatic heterocycles. The summed E-state index contributed by atoms with van der Waals surface area (Å²) in [6.07, 6.45) is 4.81. The lowest BCUT2D eigenvalue weighted by Crippen LogP contribution is -2.49. The number of amides is 3. The molecule has 0 unspecified atom stereocenters. The Morgan fingerprint density at radius 2 is 1.73 bits per heavy atom. The molecule has 3 heterocycles. The van der Waals surface area contributed by atoms with Gasteiger partial charge in [-0.2, -0.15) is 0 Å². The van der Waals surface area contributed by atoms with Gasteiger partial charge in [-0.05, 0) is 37.1 Å². The van der Waals surface area contributed by atoms with Crippen LogP contribution in [0, 0.1) is 5.92 Å². The highest BCUT2D eigenvalue weighted by atomic mass is 16.3. The Bertz CT molecular complexity index is 673. The van der Waals surface area contributed by atoms with Crippen LogP contribution in [0.3, 0.4) is 0 Å². The molecule has 7 heteroatoms. The summed E-state index contributed by atoms with van der Waals surface area (Å²) < 4.78 is 10.8. The lowest BCUT2D eigenvalue weighted by atomic mass is 9.96. The van der Waals surface area contributed by atoms with Crippen molar-refractivity contribution in [3.63, 3.8) is 0 Å². The second kappa shape index (κ2) is 8.12. The van der Waals surface area contributed by atoms with Gasteiger partial charge in [-0.1, -0.05) is 0 Å². The molecule has 0 N–H and O–H groups in total. The monoisotopic (exact) mass is 359 g/mol. The van der Waals surface area contributed by atoms with Gasteiger partial charge in [0.2, 0.25) is 5.91 Å². The number of hydrogen-bond acceptors (Lipinski definition) is 4. The van der Waals surface area contributed by atoms with Crippen molar-refractivity contribution in [2.75, 3.05) is 27.2 Å². The van der Waals surface area contributed by atoms with E-state index in [0.29, 0.717) is 26.2 Å². The van der Waals surface area contributed by atoms with Crippen molar-refractivity contribution in [1.29, 1.82) is 0 Å². The van der Waals surface area contributed by atoms with E-state index in [1.807, 2.05) is 24.3 Å². The highest BCUT2D eigenvalue weighted by molar-refractivity contribution is 5.81. The summed E-state index contributed by atoms with van der Waals surface area (Å²) in [6, 6.07) is 7.27. The number of hydrogen-bond donors (Lipinski definition) is 0. The van der Waals surface area contributed by atoms with Gasteiger partial charge in [0, 0.05) is 27.2 Å². The molecule has 7 nitrogen and oxygen atoms in total. The van der Waals surface area contributed by atoms with E-state index >= 15 is 0 Å². The summed E-state index contributed by atoms with van der Waals surface area (Å²) in [5, 5.41) is 0. The molecular formula is C19H25N3O4. The zero-order chi connectivity index (χ0) is 18.5. The molecule has 2 aromatic rings. The largest absolute Gasteiger partial charge is 0.467 e. The third-order valence-corrected chi connectivity index (χ3v) is 4.59. The first-order chi connectivity index (χ1) is 12.5. The molecule has 1 fully saturated rings. The van der Waals surface area contributed by atoms with Crippen LogP contribution in [-0.4, -0.2) is 53.8 Å². The van der Waals surface area contributed by atoms with Crippen LogP contribution in [0.5, 0.6) is 0 Å². The van der Waals surface area contributed by atoms with Crippen LogP contribution in [0.15, 0.2) is 45.6 Å². The molecule has 1 atom stereocenters. The van der Waals surface area contributed by atoms with Gasteiger partial charge in [0.1, 0.15) is 11.5 Å². The summed E-state index contributed by atoms with van der Waals surface area (Å²) in [7, 11) is 3.46. The lowest BCUT2D eigenvalue weighted by Gasteiger charge is -2.35. The summed E-state index contributed by atoms with van der Waals surface area (Å²) in [5.74, 6) is 1.26. The number of urea groups is 1. The van der Waals surface area contributed by atoms with Crippen LogP contribution in [0.4, 0.5) is 4.79 Å². The van der Waals surface area contributed by atoms with Gasteiger partial charge in [-0.15, -0.1) is 0 Å². The van der Waals surface area contributed by atoms with Gasteiger partial charge in [0.05, 0.1) is 31.5 Å². The third kappa shape index (κ3) is 4.28. The van der Waals surface area contributed by atoms with E-state index in [1.54, 1.807) is 41.3 Å². The lowest BCUT2D eigenvalue weighted by molar-refractivity contribution is -0.138. The summed E-state index contributed by atoms with van der Waals surface area (Å²) in [4.78, 5) is 30.5. The van der Waals surface area contributed by atoms with Crippen molar-refractivity contribution >= 4 is 11.9 Å². The van der Waals surface area contributed by atoms with Gasteiger partial charge in [0.25, 0.3) is 0 Å². The van der Waals surface area contributed by atoms with Crippen molar-refractivity contribution < 1.29 is 18.4 Å². The minimum atomic E-state index is -0.211.